The number of nitrogens with zero attached hydrogens (tertiary/aromatic N) is 2. The molecule has 1 aromatic heterocycles. The Morgan fingerprint density at radius 2 is 1.74 bits per heavy atom. The van der Waals surface area contributed by atoms with E-state index in [1.165, 1.54) is 19.1 Å². The largest absolute Gasteiger partial charge is 0.573 e. The highest BCUT2D eigenvalue weighted by molar-refractivity contribution is 5.89. The molecule has 0 bridgehead atoms. The smallest absolute Gasteiger partial charge is 0.406 e. The fourth-order valence-corrected chi connectivity index (χ4v) is 4.37. The lowest BCUT2D eigenvalue weighted by Gasteiger charge is -2.36. The first-order chi connectivity index (χ1) is 16.7. The van der Waals surface area contributed by atoms with Crippen LogP contribution in [0.15, 0.2) is 54.7 Å². The number of alkyl halides is 3. The molecule has 4 rings (SSSR count). The Hall–Kier alpha value is -3.53. The van der Waals surface area contributed by atoms with Gasteiger partial charge in [-0.05, 0) is 29.3 Å². The third kappa shape index (κ3) is 6.54. The van der Waals surface area contributed by atoms with E-state index in [9.17, 15) is 22.8 Å². The fraction of sp³-hybridized carbons (Fsp3) is 0.360. The molecule has 2 aromatic carbocycles. The molecule has 1 unspecified atom stereocenters. The summed E-state index contributed by atoms with van der Waals surface area (Å²) in [6.45, 7) is 4.19. The van der Waals surface area contributed by atoms with Gasteiger partial charge in [0.2, 0.25) is 11.8 Å². The van der Waals surface area contributed by atoms with Gasteiger partial charge in [-0.1, -0.05) is 30.3 Å². The van der Waals surface area contributed by atoms with Crippen LogP contribution in [0, 0.1) is 0 Å². The summed E-state index contributed by atoms with van der Waals surface area (Å²) >= 11 is 0. The minimum Gasteiger partial charge on any atom is -0.406 e. The summed E-state index contributed by atoms with van der Waals surface area (Å²) < 4.78 is 40.9. The molecule has 1 atom stereocenters. The summed E-state index contributed by atoms with van der Waals surface area (Å²) in [5.41, 5.74) is 2.79. The van der Waals surface area contributed by atoms with Gasteiger partial charge >= 0.3 is 6.36 Å². The lowest BCUT2D eigenvalue weighted by Crippen LogP contribution is -2.55. The molecule has 0 radical (unpaired) electrons. The summed E-state index contributed by atoms with van der Waals surface area (Å²) in [4.78, 5) is 32.2. The molecule has 1 aliphatic heterocycles. The molecular weight excluding hydrogens is 461 g/mol. The van der Waals surface area contributed by atoms with Crippen LogP contribution in [0.2, 0.25) is 0 Å². The SMILES string of the molecule is CC(=O)NC(Cc1c[nH]c2ccccc12)C(=O)N1CCN(Cc2ccc(OC(F)(F)F)cc2)CC1. The second-order valence-electron chi connectivity index (χ2n) is 8.61. The monoisotopic (exact) mass is 488 g/mol. The Labute approximate surface area is 200 Å². The Morgan fingerprint density at radius 1 is 1.06 bits per heavy atom. The molecule has 1 saturated heterocycles. The minimum absolute atomic E-state index is 0.126. The van der Waals surface area contributed by atoms with Crippen LogP contribution in [0.4, 0.5) is 13.2 Å². The lowest BCUT2D eigenvalue weighted by atomic mass is 10.0. The van der Waals surface area contributed by atoms with Gasteiger partial charge in [-0.2, -0.15) is 0 Å². The number of nitrogens with one attached hydrogen (secondary N) is 2. The van der Waals surface area contributed by atoms with Crippen LogP contribution in [0.5, 0.6) is 5.75 Å². The van der Waals surface area contributed by atoms with Gasteiger partial charge in [0.1, 0.15) is 11.8 Å². The number of carbonyl (C=O) groups excluding carboxylic acids is 2. The summed E-state index contributed by atoms with van der Waals surface area (Å²) in [6.07, 6.45) is -2.46. The molecule has 10 heteroatoms. The van der Waals surface area contributed by atoms with E-state index in [2.05, 4.69) is 19.9 Å². The molecule has 35 heavy (non-hydrogen) atoms. The van der Waals surface area contributed by atoms with Gasteiger partial charge in [0.15, 0.2) is 0 Å². The molecule has 2 amide bonds. The lowest BCUT2D eigenvalue weighted by molar-refractivity contribution is -0.274. The zero-order valence-corrected chi connectivity index (χ0v) is 19.3. The Bertz CT molecular complexity index is 1170. The van der Waals surface area contributed by atoms with E-state index in [-0.39, 0.29) is 17.6 Å². The van der Waals surface area contributed by atoms with E-state index in [0.717, 1.165) is 22.0 Å². The predicted molar refractivity (Wildman–Crippen MR) is 125 cm³/mol. The number of fused-ring (bicyclic) bond motifs is 1. The summed E-state index contributed by atoms with van der Waals surface area (Å²) in [5.74, 6) is -0.644. The number of para-hydroxylation sites is 1. The maximum atomic E-state index is 13.3. The number of aromatic amines is 1. The van der Waals surface area contributed by atoms with Gasteiger partial charge in [0.05, 0.1) is 0 Å². The number of piperazine rings is 1. The van der Waals surface area contributed by atoms with Crippen molar-refractivity contribution in [2.24, 2.45) is 0 Å². The van der Waals surface area contributed by atoms with E-state index in [4.69, 9.17) is 0 Å². The third-order valence-corrected chi connectivity index (χ3v) is 6.02. The van der Waals surface area contributed by atoms with Crippen LogP contribution in [0.1, 0.15) is 18.1 Å². The number of ether oxygens (including phenoxy) is 1. The van der Waals surface area contributed by atoms with Crippen LogP contribution >= 0.6 is 0 Å². The van der Waals surface area contributed by atoms with Gasteiger partial charge in [-0.3, -0.25) is 14.5 Å². The minimum atomic E-state index is -4.71. The van der Waals surface area contributed by atoms with Crippen LogP contribution in [0.3, 0.4) is 0 Å². The molecule has 7 nitrogen and oxygen atoms in total. The third-order valence-electron chi connectivity index (χ3n) is 6.02. The molecule has 0 spiro atoms. The number of aromatic nitrogens is 1. The van der Waals surface area contributed by atoms with Crippen molar-refractivity contribution in [3.8, 4) is 5.75 Å². The van der Waals surface area contributed by atoms with Crippen molar-refractivity contribution < 1.29 is 27.5 Å². The predicted octanol–water partition coefficient (Wildman–Crippen LogP) is 3.46. The van der Waals surface area contributed by atoms with Crippen molar-refractivity contribution in [2.75, 3.05) is 26.2 Å². The van der Waals surface area contributed by atoms with Crippen molar-refractivity contribution in [1.82, 2.24) is 20.1 Å². The van der Waals surface area contributed by atoms with Crippen LogP contribution in [-0.2, 0) is 22.6 Å². The van der Waals surface area contributed by atoms with E-state index in [0.29, 0.717) is 39.1 Å². The first-order valence-corrected chi connectivity index (χ1v) is 11.4. The van der Waals surface area contributed by atoms with Crippen molar-refractivity contribution in [3.05, 3.63) is 65.9 Å². The molecule has 2 N–H and O–H groups in total. The molecular formula is C25H27F3N4O3. The number of rotatable bonds is 7. The first-order valence-electron chi connectivity index (χ1n) is 11.4. The fourth-order valence-electron chi connectivity index (χ4n) is 4.37. The zero-order chi connectivity index (χ0) is 25.0. The topological polar surface area (TPSA) is 77.7 Å². The number of amides is 2. The zero-order valence-electron chi connectivity index (χ0n) is 19.3. The van der Waals surface area contributed by atoms with Crippen molar-refractivity contribution in [1.29, 1.82) is 0 Å². The van der Waals surface area contributed by atoms with Gasteiger partial charge in [0.25, 0.3) is 0 Å². The number of H-pyrrole nitrogens is 1. The van der Waals surface area contributed by atoms with Crippen LogP contribution < -0.4 is 10.1 Å². The highest BCUT2D eigenvalue weighted by Crippen LogP contribution is 2.23. The molecule has 186 valence electrons. The summed E-state index contributed by atoms with van der Waals surface area (Å²) in [5, 5.41) is 3.82. The summed E-state index contributed by atoms with van der Waals surface area (Å²) in [7, 11) is 0. The number of carbonyl (C=O) groups is 2. The maximum absolute atomic E-state index is 13.3. The molecule has 3 aromatic rings. The average molecular weight is 489 g/mol. The van der Waals surface area contributed by atoms with Crippen LogP contribution in [-0.4, -0.2) is 65.2 Å². The number of halogens is 3. The molecule has 2 heterocycles. The van der Waals surface area contributed by atoms with E-state index < -0.39 is 12.4 Å². The standard InChI is InChI=1S/C25H27F3N4O3/c1-17(33)30-23(14-19-15-29-22-5-3-2-4-21(19)22)24(34)32-12-10-31(11-13-32)16-18-6-8-20(9-7-18)35-25(26,27)28/h2-9,15,23,29H,10-14,16H2,1H3,(H,30,33). The van der Waals surface area contributed by atoms with Crippen molar-refractivity contribution in [2.45, 2.75) is 32.3 Å². The second kappa shape index (κ2) is 10.4. The summed E-state index contributed by atoms with van der Waals surface area (Å²) in [6, 6.07) is 12.9. The van der Waals surface area contributed by atoms with Crippen molar-refractivity contribution >= 4 is 22.7 Å². The first kappa shape index (κ1) is 24.6. The van der Waals surface area contributed by atoms with Crippen molar-refractivity contribution in [3.63, 3.8) is 0 Å². The molecule has 0 aliphatic carbocycles. The van der Waals surface area contributed by atoms with E-state index >= 15 is 0 Å². The van der Waals surface area contributed by atoms with E-state index in [1.807, 2.05) is 30.5 Å². The Kier molecular flexibility index (Phi) is 7.30. The van der Waals surface area contributed by atoms with E-state index in [1.54, 1.807) is 17.0 Å². The van der Waals surface area contributed by atoms with Gasteiger partial charge in [-0.15, -0.1) is 13.2 Å². The quantitative estimate of drug-likeness (QED) is 0.534. The average Bonchev–Trinajstić information content (AvgIpc) is 3.22. The normalized spacial score (nSPS) is 15.7. The molecule has 1 aliphatic rings. The van der Waals surface area contributed by atoms with Gasteiger partial charge in [-0.25, -0.2) is 0 Å². The molecule has 0 saturated carbocycles. The van der Waals surface area contributed by atoms with Crippen LogP contribution in [0.25, 0.3) is 10.9 Å². The van der Waals surface area contributed by atoms with Gasteiger partial charge < -0.3 is 19.9 Å². The Morgan fingerprint density at radius 3 is 2.40 bits per heavy atom. The Balaban J connectivity index is 1.34. The second-order valence-corrected chi connectivity index (χ2v) is 8.61. The highest BCUT2D eigenvalue weighted by atomic mass is 19.4. The molecule has 1 fully saturated rings. The van der Waals surface area contributed by atoms with Gasteiger partial charge in [0, 0.05) is 63.2 Å². The highest BCUT2D eigenvalue weighted by Gasteiger charge is 2.31. The number of hydrogen-bond acceptors (Lipinski definition) is 4. The number of hydrogen-bond donors (Lipinski definition) is 2. The maximum Gasteiger partial charge on any atom is 0.573 e. The number of benzene rings is 2.